The number of amides is 1. The highest BCUT2D eigenvalue weighted by Gasteiger charge is 2.40. The number of piperidine rings is 1. The minimum absolute atomic E-state index is 0. The van der Waals surface area contributed by atoms with Gasteiger partial charge in [-0.05, 0) is 37.2 Å². The van der Waals surface area contributed by atoms with E-state index in [0.29, 0.717) is 23.8 Å². The summed E-state index contributed by atoms with van der Waals surface area (Å²) >= 11 is 5.22. The fourth-order valence-corrected chi connectivity index (χ4v) is 4.31. The van der Waals surface area contributed by atoms with Crippen LogP contribution in [0.2, 0.25) is 0 Å². The van der Waals surface area contributed by atoms with E-state index in [1.54, 1.807) is 11.8 Å². The summed E-state index contributed by atoms with van der Waals surface area (Å²) in [7, 11) is 0. The topological polar surface area (TPSA) is 65.2 Å². The smallest absolute Gasteiger partial charge is 0.238 e. The second-order valence-corrected chi connectivity index (χ2v) is 8.58. The number of benzene rings is 1. The fraction of sp³-hybridized carbons (Fsp3) is 0.562. The molecule has 0 bridgehead atoms. The van der Waals surface area contributed by atoms with Gasteiger partial charge in [-0.3, -0.25) is 10.2 Å². The number of fused-ring (bicyclic) bond motifs is 1. The van der Waals surface area contributed by atoms with Crippen molar-refractivity contribution >= 4 is 46.0 Å². The molecule has 1 amide bonds. The number of nitrogens with one attached hydrogen (secondary N) is 4. The average Bonchev–Trinajstić information content (AvgIpc) is 2.99. The van der Waals surface area contributed by atoms with Gasteiger partial charge in [-0.15, -0.1) is 24.2 Å². The molecule has 2 heterocycles. The van der Waals surface area contributed by atoms with Gasteiger partial charge in [0, 0.05) is 39.7 Å². The molecule has 4 unspecified atom stereocenters. The van der Waals surface area contributed by atoms with Crippen molar-refractivity contribution in [2.45, 2.75) is 35.6 Å². The molecule has 0 saturated carbocycles. The molecule has 3 rings (SSSR count). The second-order valence-electron chi connectivity index (χ2n) is 6.16. The van der Waals surface area contributed by atoms with Crippen LogP contribution in [0.25, 0.3) is 0 Å². The predicted molar refractivity (Wildman–Crippen MR) is 105 cm³/mol. The van der Waals surface area contributed by atoms with Crippen molar-refractivity contribution in [3.05, 3.63) is 28.7 Å². The van der Waals surface area contributed by atoms with Crippen LogP contribution in [0.5, 0.6) is 0 Å². The van der Waals surface area contributed by atoms with Crippen LogP contribution < -0.4 is 21.5 Å². The van der Waals surface area contributed by atoms with Crippen molar-refractivity contribution in [1.82, 2.24) is 21.5 Å². The summed E-state index contributed by atoms with van der Waals surface area (Å²) < 4.78 is 1.08. The van der Waals surface area contributed by atoms with Crippen LogP contribution in [-0.4, -0.2) is 42.9 Å². The minimum atomic E-state index is -0.141. The largest absolute Gasteiger partial charge is 0.354 e. The van der Waals surface area contributed by atoms with Gasteiger partial charge in [0.25, 0.3) is 0 Å². The maximum absolute atomic E-state index is 12.4. The SMILES string of the molecule is CC(CNC(=O)C1NNC2CCNCC21)Sc1ccc(Br)cc1.Cl. The lowest BCUT2D eigenvalue weighted by molar-refractivity contribution is -0.123. The Bertz CT molecular complexity index is 547. The van der Waals surface area contributed by atoms with Gasteiger partial charge in [-0.1, -0.05) is 22.9 Å². The summed E-state index contributed by atoms with van der Waals surface area (Å²) in [5, 5.41) is 6.79. The van der Waals surface area contributed by atoms with Crippen molar-refractivity contribution < 1.29 is 4.79 Å². The molecule has 0 spiro atoms. The highest BCUT2D eigenvalue weighted by molar-refractivity contribution is 9.10. The monoisotopic (exact) mass is 434 g/mol. The van der Waals surface area contributed by atoms with Crippen LogP contribution in [0.4, 0.5) is 0 Å². The zero-order chi connectivity index (χ0) is 16.2. The first-order valence-corrected chi connectivity index (χ1v) is 9.72. The van der Waals surface area contributed by atoms with Crippen LogP contribution in [0.15, 0.2) is 33.6 Å². The van der Waals surface area contributed by atoms with Gasteiger partial charge in [0.15, 0.2) is 0 Å². The molecule has 134 valence electrons. The number of hydrogen-bond donors (Lipinski definition) is 4. The third-order valence-electron chi connectivity index (χ3n) is 4.38. The maximum Gasteiger partial charge on any atom is 0.238 e. The molecule has 4 N–H and O–H groups in total. The Hall–Kier alpha value is -0.310. The Kier molecular flexibility index (Phi) is 7.84. The van der Waals surface area contributed by atoms with E-state index < -0.39 is 0 Å². The standard InChI is InChI=1S/C16H23BrN4OS.ClH/c1-10(23-12-4-2-11(17)3-5-12)8-19-16(22)15-13-9-18-7-6-14(13)20-21-15;/h2-5,10,13-15,18,20-21H,6-9H2,1H3,(H,19,22);1H. The highest BCUT2D eigenvalue weighted by atomic mass is 79.9. The number of thioether (sulfide) groups is 1. The Morgan fingerprint density at radius 3 is 2.88 bits per heavy atom. The molecule has 2 aliphatic heterocycles. The van der Waals surface area contributed by atoms with E-state index in [2.05, 4.69) is 56.5 Å². The molecule has 0 aromatic heterocycles. The van der Waals surface area contributed by atoms with Gasteiger partial charge in [0.1, 0.15) is 6.04 Å². The molecule has 2 fully saturated rings. The van der Waals surface area contributed by atoms with E-state index in [9.17, 15) is 4.79 Å². The molecule has 0 radical (unpaired) electrons. The third kappa shape index (κ3) is 5.09. The van der Waals surface area contributed by atoms with Crippen molar-refractivity contribution in [2.24, 2.45) is 5.92 Å². The van der Waals surface area contributed by atoms with Crippen LogP contribution in [0, 0.1) is 5.92 Å². The third-order valence-corrected chi connectivity index (χ3v) is 6.02. The van der Waals surface area contributed by atoms with E-state index in [-0.39, 0.29) is 24.4 Å². The van der Waals surface area contributed by atoms with E-state index in [0.717, 1.165) is 24.0 Å². The van der Waals surface area contributed by atoms with Crippen LogP contribution in [0.1, 0.15) is 13.3 Å². The summed E-state index contributed by atoms with van der Waals surface area (Å²) in [4.78, 5) is 13.7. The summed E-state index contributed by atoms with van der Waals surface area (Å²) in [6.07, 6.45) is 1.07. The summed E-state index contributed by atoms with van der Waals surface area (Å²) in [6.45, 7) is 4.72. The lowest BCUT2D eigenvalue weighted by Crippen LogP contribution is -2.50. The molecule has 1 aromatic rings. The number of halogens is 2. The normalized spacial score (nSPS) is 27.0. The van der Waals surface area contributed by atoms with E-state index in [1.165, 1.54) is 4.90 Å². The van der Waals surface area contributed by atoms with Gasteiger partial charge in [-0.2, -0.15) is 0 Å². The molecule has 1 aromatic carbocycles. The van der Waals surface area contributed by atoms with Gasteiger partial charge >= 0.3 is 0 Å². The first-order chi connectivity index (χ1) is 11.1. The number of rotatable bonds is 5. The Labute approximate surface area is 162 Å². The van der Waals surface area contributed by atoms with Gasteiger partial charge in [0.2, 0.25) is 5.91 Å². The first-order valence-electron chi connectivity index (χ1n) is 8.05. The van der Waals surface area contributed by atoms with Crippen LogP contribution >= 0.6 is 40.1 Å². The number of hydrazine groups is 1. The van der Waals surface area contributed by atoms with Crippen molar-refractivity contribution in [1.29, 1.82) is 0 Å². The Morgan fingerprint density at radius 1 is 1.38 bits per heavy atom. The predicted octanol–water partition coefficient (Wildman–Crippen LogP) is 1.92. The maximum atomic E-state index is 12.4. The van der Waals surface area contributed by atoms with E-state index in [1.807, 2.05) is 12.1 Å². The summed E-state index contributed by atoms with van der Waals surface area (Å²) in [5.74, 6) is 0.426. The zero-order valence-corrected chi connectivity index (χ0v) is 16.8. The van der Waals surface area contributed by atoms with E-state index in [4.69, 9.17) is 0 Å². The highest BCUT2D eigenvalue weighted by Crippen LogP contribution is 2.25. The molecular formula is C16H24BrClN4OS. The molecule has 8 heteroatoms. The lowest BCUT2D eigenvalue weighted by atomic mass is 9.89. The lowest BCUT2D eigenvalue weighted by Gasteiger charge is -2.27. The Morgan fingerprint density at radius 2 is 2.12 bits per heavy atom. The second kappa shape index (κ2) is 9.40. The zero-order valence-electron chi connectivity index (χ0n) is 13.5. The number of carbonyl (C=O) groups excluding carboxylic acids is 1. The molecule has 0 aliphatic carbocycles. The molecule has 2 aliphatic rings. The Balaban J connectivity index is 0.00000208. The minimum Gasteiger partial charge on any atom is -0.354 e. The van der Waals surface area contributed by atoms with Crippen LogP contribution in [0.3, 0.4) is 0 Å². The number of carbonyl (C=O) groups is 1. The van der Waals surface area contributed by atoms with Crippen molar-refractivity contribution in [3.8, 4) is 0 Å². The summed E-state index contributed by atoms with van der Waals surface area (Å²) in [5.41, 5.74) is 6.43. The average molecular weight is 436 g/mol. The van der Waals surface area contributed by atoms with E-state index >= 15 is 0 Å². The quantitative estimate of drug-likeness (QED) is 0.532. The van der Waals surface area contributed by atoms with Gasteiger partial charge < -0.3 is 10.6 Å². The van der Waals surface area contributed by atoms with Crippen molar-refractivity contribution in [2.75, 3.05) is 19.6 Å². The molecular weight excluding hydrogens is 412 g/mol. The first kappa shape index (κ1) is 20.0. The fourth-order valence-electron chi connectivity index (χ4n) is 3.12. The summed E-state index contributed by atoms with van der Waals surface area (Å²) in [6, 6.07) is 8.52. The molecule has 24 heavy (non-hydrogen) atoms. The van der Waals surface area contributed by atoms with Gasteiger partial charge in [-0.25, -0.2) is 5.43 Å². The molecule has 2 saturated heterocycles. The van der Waals surface area contributed by atoms with Crippen LogP contribution in [-0.2, 0) is 4.79 Å². The van der Waals surface area contributed by atoms with Crippen molar-refractivity contribution in [3.63, 3.8) is 0 Å². The molecule has 5 nitrogen and oxygen atoms in total. The molecule has 4 atom stereocenters. The number of hydrogen-bond acceptors (Lipinski definition) is 5. The van der Waals surface area contributed by atoms with Gasteiger partial charge in [0.05, 0.1) is 0 Å².